The van der Waals surface area contributed by atoms with Gasteiger partial charge < -0.3 is 10.1 Å². The Morgan fingerprint density at radius 3 is 3.00 bits per heavy atom. The van der Waals surface area contributed by atoms with Crippen molar-refractivity contribution in [3.63, 3.8) is 0 Å². The zero-order chi connectivity index (χ0) is 11.2. The van der Waals surface area contributed by atoms with E-state index in [1.807, 2.05) is 0 Å². The molecule has 3 rings (SSSR count). The Bertz CT molecular complexity index is 405. The molecule has 16 heavy (non-hydrogen) atoms. The van der Waals surface area contributed by atoms with E-state index in [0.29, 0.717) is 5.92 Å². The molecule has 0 spiro atoms. The summed E-state index contributed by atoms with van der Waals surface area (Å²) in [7, 11) is 0. The number of hydrogen-bond donors (Lipinski definition) is 1. The van der Waals surface area contributed by atoms with Gasteiger partial charge >= 0.3 is 0 Å². The molecule has 2 nitrogen and oxygen atoms in total. The van der Waals surface area contributed by atoms with Crippen LogP contribution in [0.4, 0.5) is 0 Å². The standard InChI is InChI=1S/C14H19NO/c1-14(2)8-12-7-10(3-4-13(12)16-14)11-5-6-15-9-11/h3-4,7,11,15H,5-6,8-9H2,1-2H3. The molecule has 0 bridgehead atoms. The van der Waals surface area contributed by atoms with Gasteiger partial charge in [0, 0.05) is 13.0 Å². The average Bonchev–Trinajstić information content (AvgIpc) is 2.80. The second-order valence-electron chi connectivity index (χ2n) is 5.60. The van der Waals surface area contributed by atoms with E-state index in [1.165, 1.54) is 17.5 Å². The lowest BCUT2D eigenvalue weighted by atomic mass is 9.94. The van der Waals surface area contributed by atoms with Crippen LogP contribution in [0.1, 0.15) is 37.3 Å². The predicted octanol–water partition coefficient (Wildman–Crippen LogP) is 2.48. The van der Waals surface area contributed by atoms with E-state index < -0.39 is 0 Å². The van der Waals surface area contributed by atoms with Gasteiger partial charge in [-0.05, 0) is 49.9 Å². The molecule has 1 unspecified atom stereocenters. The molecule has 1 aromatic carbocycles. The molecule has 0 amide bonds. The summed E-state index contributed by atoms with van der Waals surface area (Å²) in [5, 5.41) is 3.42. The first-order chi connectivity index (χ1) is 7.64. The van der Waals surface area contributed by atoms with Gasteiger partial charge in [-0.15, -0.1) is 0 Å². The Labute approximate surface area is 97.0 Å². The topological polar surface area (TPSA) is 21.3 Å². The van der Waals surface area contributed by atoms with Gasteiger partial charge in [-0.25, -0.2) is 0 Å². The van der Waals surface area contributed by atoms with Crippen molar-refractivity contribution in [2.24, 2.45) is 0 Å². The highest BCUT2D eigenvalue weighted by Gasteiger charge is 2.30. The second kappa shape index (κ2) is 3.49. The molecule has 1 atom stereocenters. The molecule has 1 N–H and O–H groups in total. The minimum absolute atomic E-state index is 0.0190. The lowest BCUT2D eigenvalue weighted by Gasteiger charge is -2.16. The Morgan fingerprint density at radius 1 is 1.38 bits per heavy atom. The highest BCUT2D eigenvalue weighted by atomic mass is 16.5. The first kappa shape index (κ1) is 10.2. The van der Waals surface area contributed by atoms with Crippen molar-refractivity contribution in [2.45, 2.75) is 38.2 Å². The molecule has 2 aliphatic heterocycles. The molecule has 2 aliphatic rings. The van der Waals surface area contributed by atoms with Crippen molar-refractivity contribution < 1.29 is 4.74 Å². The van der Waals surface area contributed by atoms with Crippen LogP contribution in [0.15, 0.2) is 18.2 Å². The van der Waals surface area contributed by atoms with Gasteiger partial charge in [-0.1, -0.05) is 12.1 Å². The van der Waals surface area contributed by atoms with Crippen LogP contribution >= 0.6 is 0 Å². The van der Waals surface area contributed by atoms with Gasteiger partial charge in [0.2, 0.25) is 0 Å². The number of ether oxygens (including phenoxy) is 1. The van der Waals surface area contributed by atoms with E-state index in [-0.39, 0.29) is 5.60 Å². The van der Waals surface area contributed by atoms with Crippen molar-refractivity contribution in [3.05, 3.63) is 29.3 Å². The summed E-state index contributed by atoms with van der Waals surface area (Å²) in [4.78, 5) is 0. The zero-order valence-electron chi connectivity index (χ0n) is 10.0. The molecule has 0 aromatic heterocycles. The smallest absolute Gasteiger partial charge is 0.123 e. The van der Waals surface area contributed by atoms with Crippen molar-refractivity contribution in [3.8, 4) is 5.75 Å². The highest BCUT2D eigenvalue weighted by molar-refractivity contribution is 5.43. The normalized spacial score (nSPS) is 26.5. The lowest BCUT2D eigenvalue weighted by Crippen LogP contribution is -2.24. The number of nitrogens with one attached hydrogen (secondary N) is 1. The van der Waals surface area contributed by atoms with E-state index in [4.69, 9.17) is 4.74 Å². The quantitative estimate of drug-likeness (QED) is 0.780. The van der Waals surface area contributed by atoms with Crippen molar-refractivity contribution in [1.82, 2.24) is 5.32 Å². The summed E-state index contributed by atoms with van der Waals surface area (Å²) >= 11 is 0. The molecule has 1 aromatic rings. The first-order valence-electron chi connectivity index (χ1n) is 6.17. The van der Waals surface area contributed by atoms with Gasteiger partial charge in [-0.3, -0.25) is 0 Å². The average molecular weight is 217 g/mol. The van der Waals surface area contributed by atoms with E-state index >= 15 is 0 Å². The maximum absolute atomic E-state index is 5.90. The summed E-state index contributed by atoms with van der Waals surface area (Å²) in [6.45, 7) is 6.60. The van der Waals surface area contributed by atoms with Gasteiger partial charge in [0.1, 0.15) is 11.4 Å². The fraction of sp³-hybridized carbons (Fsp3) is 0.571. The lowest BCUT2D eigenvalue weighted by molar-refractivity contribution is 0.138. The van der Waals surface area contributed by atoms with Crippen molar-refractivity contribution in [1.29, 1.82) is 0 Å². The summed E-state index contributed by atoms with van der Waals surface area (Å²) < 4.78 is 5.90. The van der Waals surface area contributed by atoms with Crippen LogP contribution in [0.2, 0.25) is 0 Å². The van der Waals surface area contributed by atoms with E-state index in [2.05, 4.69) is 37.4 Å². The maximum atomic E-state index is 5.90. The Balaban J connectivity index is 1.89. The summed E-state index contributed by atoms with van der Waals surface area (Å²) in [5.41, 5.74) is 2.84. The third-order valence-electron chi connectivity index (χ3n) is 3.62. The van der Waals surface area contributed by atoms with Gasteiger partial charge in [0.05, 0.1) is 0 Å². The van der Waals surface area contributed by atoms with E-state index in [0.717, 1.165) is 25.3 Å². The second-order valence-corrected chi connectivity index (χ2v) is 5.60. The summed E-state index contributed by atoms with van der Waals surface area (Å²) in [5.74, 6) is 1.79. The Morgan fingerprint density at radius 2 is 2.25 bits per heavy atom. The number of hydrogen-bond acceptors (Lipinski definition) is 2. The summed E-state index contributed by atoms with van der Waals surface area (Å²) in [6.07, 6.45) is 2.30. The third kappa shape index (κ3) is 1.71. The number of fused-ring (bicyclic) bond motifs is 1. The number of rotatable bonds is 1. The minimum Gasteiger partial charge on any atom is -0.487 e. The maximum Gasteiger partial charge on any atom is 0.123 e. The molecular formula is C14H19NO. The van der Waals surface area contributed by atoms with Crippen molar-refractivity contribution in [2.75, 3.05) is 13.1 Å². The van der Waals surface area contributed by atoms with Crippen LogP contribution < -0.4 is 10.1 Å². The molecule has 0 aliphatic carbocycles. The van der Waals surface area contributed by atoms with Gasteiger partial charge in [0.25, 0.3) is 0 Å². The SMILES string of the molecule is CC1(C)Cc2cc(C3CCNC3)ccc2O1. The summed E-state index contributed by atoms with van der Waals surface area (Å²) in [6, 6.07) is 6.73. The van der Waals surface area contributed by atoms with Crippen LogP contribution in [0.3, 0.4) is 0 Å². The van der Waals surface area contributed by atoms with E-state index in [9.17, 15) is 0 Å². The molecule has 0 radical (unpaired) electrons. The van der Waals surface area contributed by atoms with Crippen LogP contribution in [0.25, 0.3) is 0 Å². The monoisotopic (exact) mass is 217 g/mol. The molecule has 86 valence electrons. The Kier molecular flexibility index (Phi) is 2.21. The largest absolute Gasteiger partial charge is 0.487 e. The van der Waals surface area contributed by atoms with Gasteiger partial charge in [0.15, 0.2) is 0 Å². The molecule has 1 fully saturated rings. The third-order valence-corrected chi connectivity index (χ3v) is 3.62. The molecule has 2 heterocycles. The molecule has 1 saturated heterocycles. The van der Waals surface area contributed by atoms with Crippen molar-refractivity contribution >= 4 is 0 Å². The molecular weight excluding hydrogens is 198 g/mol. The molecule has 2 heteroatoms. The van der Waals surface area contributed by atoms with Crippen LogP contribution in [-0.4, -0.2) is 18.7 Å². The number of benzene rings is 1. The fourth-order valence-electron chi connectivity index (χ4n) is 2.82. The highest BCUT2D eigenvalue weighted by Crippen LogP contribution is 2.37. The van der Waals surface area contributed by atoms with Crippen LogP contribution in [-0.2, 0) is 6.42 Å². The van der Waals surface area contributed by atoms with Crippen LogP contribution in [0, 0.1) is 0 Å². The first-order valence-corrected chi connectivity index (χ1v) is 6.17. The predicted molar refractivity (Wildman–Crippen MR) is 65.1 cm³/mol. The van der Waals surface area contributed by atoms with Gasteiger partial charge in [-0.2, -0.15) is 0 Å². The zero-order valence-corrected chi connectivity index (χ0v) is 10.0. The van der Waals surface area contributed by atoms with Crippen LogP contribution in [0.5, 0.6) is 5.75 Å². The van der Waals surface area contributed by atoms with E-state index in [1.54, 1.807) is 0 Å². The molecule has 0 saturated carbocycles. The minimum atomic E-state index is -0.0190. The fourth-order valence-corrected chi connectivity index (χ4v) is 2.82. The Hall–Kier alpha value is -1.02.